The van der Waals surface area contributed by atoms with Crippen LogP contribution in [0.5, 0.6) is 5.75 Å². The number of carbonyl (C=O) groups is 1. The lowest BCUT2D eigenvalue weighted by Crippen LogP contribution is -2.25. The van der Waals surface area contributed by atoms with Gasteiger partial charge in [0.25, 0.3) is 17.3 Å². The minimum Gasteiger partial charge on any atom is -0.482 e. The number of carbonyl (C=O) groups excluding carboxylic acids is 1. The van der Waals surface area contributed by atoms with E-state index in [0.717, 1.165) is 0 Å². The Balaban J connectivity index is 1.66. The Kier molecular flexibility index (Phi) is 6.26. The van der Waals surface area contributed by atoms with Crippen LogP contribution in [0.4, 0.5) is 22.7 Å². The number of amides is 1. The highest BCUT2D eigenvalue weighted by molar-refractivity contribution is 7.07. The van der Waals surface area contributed by atoms with E-state index in [4.69, 9.17) is 4.74 Å². The molecule has 1 amide bonds. The number of fused-ring (bicyclic) bond motifs is 1. The predicted octanol–water partition coefficient (Wildman–Crippen LogP) is 4.48. The molecule has 12 nitrogen and oxygen atoms in total. The lowest BCUT2D eigenvalue weighted by atomic mass is 10.1. The molecule has 37 heavy (non-hydrogen) atoms. The van der Waals surface area contributed by atoms with Crippen LogP contribution in [0.3, 0.4) is 0 Å². The van der Waals surface area contributed by atoms with Crippen LogP contribution in [0.1, 0.15) is 5.56 Å². The summed E-state index contributed by atoms with van der Waals surface area (Å²) in [5.74, 6) is 0.244. The smallest absolute Gasteiger partial charge is 0.294 e. The van der Waals surface area contributed by atoms with Crippen molar-refractivity contribution in [2.45, 2.75) is 0 Å². The average molecular weight is 516 g/mol. The molecule has 0 aliphatic carbocycles. The number of hydrogen-bond acceptors (Lipinski definition) is 9. The average Bonchev–Trinajstić information content (AvgIpc) is 3.29. The maximum atomic E-state index is 11.8. The Morgan fingerprint density at radius 3 is 2.68 bits per heavy atom. The number of para-hydroxylation sites is 2. The minimum atomic E-state index is -0.518. The van der Waals surface area contributed by atoms with E-state index in [0.29, 0.717) is 33.1 Å². The first kappa shape index (κ1) is 23.6. The van der Waals surface area contributed by atoms with Gasteiger partial charge in [0.05, 0.1) is 27.4 Å². The minimum absolute atomic E-state index is 0.0722. The molecule has 1 aliphatic heterocycles. The quantitative estimate of drug-likeness (QED) is 0.226. The highest BCUT2D eigenvalue weighted by atomic mass is 32.1. The fourth-order valence-corrected chi connectivity index (χ4v) is 4.44. The number of anilines is 1. The maximum absolute atomic E-state index is 11.8. The zero-order valence-electron chi connectivity index (χ0n) is 18.8. The number of ether oxygens (including phenoxy) is 1. The number of rotatable bonds is 6. The van der Waals surface area contributed by atoms with Crippen LogP contribution in [0, 0.1) is 20.2 Å². The standard InChI is InChI=1S/C24H16N6O6S/c31-23-13-36-22-9-8-16(11-19(22)26-23)21-14-37-24(27-18-6-1-2-7-20(18)30(34)35)28(21)25-12-15-4-3-5-17(10-15)29(32)33/h1-12,14H,13H2,(H,26,31). The van der Waals surface area contributed by atoms with E-state index in [1.54, 1.807) is 47.8 Å². The fourth-order valence-electron chi connectivity index (χ4n) is 3.59. The molecule has 5 rings (SSSR count). The van der Waals surface area contributed by atoms with Crippen molar-refractivity contribution in [2.75, 3.05) is 11.9 Å². The molecule has 0 spiro atoms. The van der Waals surface area contributed by atoms with Gasteiger partial charge in [-0.1, -0.05) is 24.3 Å². The Bertz CT molecular complexity index is 1660. The molecule has 0 fully saturated rings. The molecule has 0 saturated heterocycles. The van der Waals surface area contributed by atoms with Gasteiger partial charge in [-0.15, -0.1) is 11.3 Å². The van der Waals surface area contributed by atoms with Crippen LogP contribution < -0.4 is 14.9 Å². The Labute approximate surface area is 212 Å². The summed E-state index contributed by atoms with van der Waals surface area (Å²) in [7, 11) is 0. The van der Waals surface area contributed by atoms with Gasteiger partial charge in [-0.3, -0.25) is 25.0 Å². The van der Waals surface area contributed by atoms with Gasteiger partial charge >= 0.3 is 0 Å². The summed E-state index contributed by atoms with van der Waals surface area (Å²) in [4.78, 5) is 38.2. The van der Waals surface area contributed by atoms with E-state index in [1.165, 1.54) is 46.5 Å². The molecular formula is C24H16N6O6S. The lowest BCUT2D eigenvalue weighted by Gasteiger charge is -2.18. The van der Waals surface area contributed by atoms with Gasteiger partial charge < -0.3 is 10.1 Å². The molecule has 0 radical (unpaired) electrons. The maximum Gasteiger partial charge on any atom is 0.294 e. The molecule has 0 bridgehead atoms. The van der Waals surface area contributed by atoms with Crippen molar-refractivity contribution in [3.63, 3.8) is 0 Å². The molecule has 0 saturated carbocycles. The number of benzene rings is 3. The molecule has 2 heterocycles. The topological polar surface area (TPSA) is 154 Å². The third kappa shape index (κ3) is 4.97. The van der Waals surface area contributed by atoms with Gasteiger partial charge in [-0.05, 0) is 24.3 Å². The summed E-state index contributed by atoms with van der Waals surface area (Å²) >= 11 is 1.20. The summed E-state index contributed by atoms with van der Waals surface area (Å²) in [5.41, 5.74) is 2.10. The second-order valence-electron chi connectivity index (χ2n) is 7.72. The van der Waals surface area contributed by atoms with Crippen LogP contribution in [-0.2, 0) is 4.79 Å². The number of hydrogen-bond donors (Lipinski definition) is 1. The summed E-state index contributed by atoms with van der Waals surface area (Å²) in [5, 5.41) is 31.7. The normalized spacial score (nSPS) is 13.2. The van der Waals surface area contributed by atoms with Crippen molar-refractivity contribution in [2.24, 2.45) is 10.1 Å². The van der Waals surface area contributed by atoms with Gasteiger partial charge in [0.15, 0.2) is 6.61 Å². The van der Waals surface area contributed by atoms with E-state index in [1.807, 2.05) is 0 Å². The van der Waals surface area contributed by atoms with E-state index in [-0.39, 0.29) is 29.6 Å². The summed E-state index contributed by atoms with van der Waals surface area (Å²) < 4.78 is 6.91. The van der Waals surface area contributed by atoms with Crippen LogP contribution >= 0.6 is 11.3 Å². The first-order chi connectivity index (χ1) is 17.9. The number of nitro groups is 2. The van der Waals surface area contributed by atoms with Gasteiger partial charge in [-0.2, -0.15) is 5.10 Å². The van der Waals surface area contributed by atoms with Gasteiger partial charge in [0.1, 0.15) is 11.4 Å². The van der Waals surface area contributed by atoms with Crippen molar-refractivity contribution >= 4 is 46.2 Å². The van der Waals surface area contributed by atoms with Crippen LogP contribution in [0.25, 0.3) is 11.3 Å². The largest absolute Gasteiger partial charge is 0.482 e. The molecular weight excluding hydrogens is 500 g/mol. The predicted molar refractivity (Wildman–Crippen MR) is 136 cm³/mol. The zero-order chi connectivity index (χ0) is 25.9. The first-order valence-electron chi connectivity index (χ1n) is 10.7. The van der Waals surface area contributed by atoms with E-state index in [9.17, 15) is 25.0 Å². The van der Waals surface area contributed by atoms with E-state index < -0.39 is 9.85 Å². The number of non-ortho nitro benzene ring substituents is 1. The van der Waals surface area contributed by atoms with Crippen molar-refractivity contribution in [1.82, 2.24) is 4.68 Å². The number of thiazole rings is 1. The van der Waals surface area contributed by atoms with Gasteiger partial charge in [-0.25, -0.2) is 9.67 Å². The molecule has 4 aromatic rings. The van der Waals surface area contributed by atoms with Crippen LogP contribution in [0.15, 0.2) is 82.2 Å². The third-order valence-corrected chi connectivity index (χ3v) is 6.11. The van der Waals surface area contributed by atoms with E-state index in [2.05, 4.69) is 15.4 Å². The van der Waals surface area contributed by atoms with E-state index >= 15 is 0 Å². The van der Waals surface area contributed by atoms with Crippen LogP contribution in [-0.4, -0.2) is 33.3 Å². The monoisotopic (exact) mass is 516 g/mol. The third-order valence-electron chi connectivity index (χ3n) is 5.29. The lowest BCUT2D eigenvalue weighted by molar-refractivity contribution is -0.384. The number of nitrogens with one attached hydrogen (secondary N) is 1. The summed E-state index contributed by atoms with van der Waals surface area (Å²) in [6.45, 7) is -0.0722. The second kappa shape index (κ2) is 9.83. The molecule has 184 valence electrons. The number of nitrogens with zero attached hydrogens (tertiary/aromatic N) is 5. The molecule has 0 unspecified atom stereocenters. The zero-order valence-corrected chi connectivity index (χ0v) is 19.6. The van der Waals surface area contributed by atoms with Crippen molar-refractivity contribution in [3.8, 4) is 17.0 Å². The number of aromatic nitrogens is 1. The molecule has 13 heteroatoms. The highest BCUT2D eigenvalue weighted by Gasteiger charge is 2.18. The Morgan fingerprint density at radius 1 is 1.03 bits per heavy atom. The molecule has 1 aliphatic rings. The second-order valence-corrected chi connectivity index (χ2v) is 8.55. The molecule has 1 aromatic heterocycles. The molecule has 3 aromatic carbocycles. The highest BCUT2D eigenvalue weighted by Crippen LogP contribution is 2.33. The molecule has 1 N–H and O–H groups in total. The SMILES string of the molecule is O=C1COc2ccc(-c3csc(=Nc4ccccc4[N+](=O)[O-])n3N=Cc3cccc([N+](=O)[O-])c3)cc2N1. The van der Waals surface area contributed by atoms with Gasteiger partial charge in [0.2, 0.25) is 4.80 Å². The fraction of sp³-hybridized carbons (Fsp3) is 0.0417. The van der Waals surface area contributed by atoms with Crippen molar-refractivity contribution in [1.29, 1.82) is 0 Å². The van der Waals surface area contributed by atoms with Crippen molar-refractivity contribution in [3.05, 3.63) is 103 Å². The first-order valence-corrected chi connectivity index (χ1v) is 11.6. The van der Waals surface area contributed by atoms with Crippen molar-refractivity contribution < 1.29 is 19.4 Å². The summed E-state index contributed by atoms with van der Waals surface area (Å²) in [6.07, 6.45) is 1.44. The Hall–Kier alpha value is -5.17. The Morgan fingerprint density at radius 2 is 1.86 bits per heavy atom. The van der Waals surface area contributed by atoms with Crippen LogP contribution in [0.2, 0.25) is 0 Å². The summed E-state index contributed by atoms with van der Waals surface area (Å²) in [6, 6.07) is 17.3. The molecule has 0 atom stereocenters. The van der Waals surface area contributed by atoms with Gasteiger partial charge in [0, 0.05) is 34.7 Å². The number of nitro benzene ring substituents is 2.